The minimum absolute atomic E-state index is 0.445. The van der Waals surface area contributed by atoms with Gasteiger partial charge in [0.25, 0.3) is 0 Å². The summed E-state index contributed by atoms with van der Waals surface area (Å²) in [6.07, 6.45) is 0. The summed E-state index contributed by atoms with van der Waals surface area (Å²) in [5.74, 6) is 8.07. The Morgan fingerprint density at radius 3 is 2.72 bits per heavy atom. The van der Waals surface area contributed by atoms with E-state index >= 15 is 0 Å². The van der Waals surface area contributed by atoms with E-state index in [0.29, 0.717) is 33.5 Å². The predicted octanol–water partition coefficient (Wildman–Crippen LogP) is 3.72. The van der Waals surface area contributed by atoms with Gasteiger partial charge < -0.3 is 10.3 Å². The molecule has 10 heteroatoms. The fourth-order valence-electron chi connectivity index (χ4n) is 2.10. The summed E-state index contributed by atoms with van der Waals surface area (Å²) in [6.45, 7) is 0. The van der Waals surface area contributed by atoms with Crippen molar-refractivity contribution in [3.8, 4) is 22.2 Å². The summed E-state index contributed by atoms with van der Waals surface area (Å²) in [4.78, 5) is 0.963. The lowest BCUT2D eigenvalue weighted by Gasteiger charge is -2.00. The molecular weight excluding hydrogens is 380 g/mol. The normalized spacial score (nSPS) is 11.1. The fourth-order valence-corrected chi connectivity index (χ4v) is 3.62. The summed E-state index contributed by atoms with van der Waals surface area (Å²) in [7, 11) is 0. The minimum Gasteiger partial charge on any atom is -0.420 e. The molecule has 7 nitrogen and oxygen atoms in total. The Balaban J connectivity index is 1.46. The molecule has 0 atom stereocenters. The second-order valence-electron chi connectivity index (χ2n) is 4.95. The zero-order valence-corrected chi connectivity index (χ0v) is 15.1. The summed E-state index contributed by atoms with van der Waals surface area (Å²) in [5, 5.41) is 19.5. The third kappa shape index (κ3) is 3.39. The molecule has 0 aliphatic rings. The van der Waals surface area contributed by atoms with Crippen LogP contribution in [0.15, 0.2) is 51.4 Å². The molecule has 3 heterocycles. The van der Waals surface area contributed by atoms with E-state index in [4.69, 9.17) is 21.9 Å². The van der Waals surface area contributed by atoms with Gasteiger partial charge in [0, 0.05) is 10.6 Å². The Hall–Kier alpha value is -2.36. The molecule has 0 fully saturated rings. The van der Waals surface area contributed by atoms with E-state index in [-0.39, 0.29) is 0 Å². The molecule has 0 amide bonds. The second-order valence-corrected chi connectivity index (χ2v) is 7.28. The van der Waals surface area contributed by atoms with Crippen molar-refractivity contribution in [3.05, 3.63) is 52.7 Å². The molecule has 0 saturated heterocycles. The number of hydrogen-bond acceptors (Lipinski definition) is 8. The second kappa shape index (κ2) is 6.87. The molecule has 0 unspecified atom stereocenters. The van der Waals surface area contributed by atoms with Crippen molar-refractivity contribution in [1.82, 2.24) is 25.1 Å². The summed E-state index contributed by atoms with van der Waals surface area (Å²) in [5.41, 5.74) is 0.815. The highest BCUT2D eigenvalue weighted by Gasteiger charge is 2.15. The summed E-state index contributed by atoms with van der Waals surface area (Å²) >= 11 is 8.82. The topological polar surface area (TPSA) is 95.7 Å². The van der Waals surface area contributed by atoms with Crippen LogP contribution in [0, 0.1) is 0 Å². The third-order valence-electron chi connectivity index (χ3n) is 3.29. The lowest BCUT2D eigenvalue weighted by Crippen LogP contribution is -2.11. The van der Waals surface area contributed by atoms with Crippen molar-refractivity contribution < 1.29 is 4.42 Å². The highest BCUT2D eigenvalue weighted by molar-refractivity contribution is 7.98. The number of halogens is 1. The SMILES string of the molecule is Nn1c(SCc2nnc(-c3ccc(Cl)cc3)o2)nnc1-c1cccs1. The van der Waals surface area contributed by atoms with E-state index in [1.165, 1.54) is 16.4 Å². The van der Waals surface area contributed by atoms with Crippen LogP contribution in [0.25, 0.3) is 22.2 Å². The number of thioether (sulfide) groups is 1. The molecule has 2 N–H and O–H groups in total. The minimum atomic E-state index is 0.445. The van der Waals surface area contributed by atoms with E-state index in [1.54, 1.807) is 23.5 Å². The molecule has 0 bridgehead atoms. The van der Waals surface area contributed by atoms with Crippen molar-refractivity contribution in [2.24, 2.45) is 0 Å². The lowest BCUT2D eigenvalue weighted by atomic mass is 10.2. The molecule has 25 heavy (non-hydrogen) atoms. The molecular formula is C15H11ClN6OS2. The van der Waals surface area contributed by atoms with E-state index in [0.717, 1.165) is 10.4 Å². The maximum absolute atomic E-state index is 6.07. The first kappa shape index (κ1) is 16.1. The van der Waals surface area contributed by atoms with Crippen LogP contribution in [0.4, 0.5) is 0 Å². The van der Waals surface area contributed by atoms with Gasteiger partial charge in [0.1, 0.15) is 0 Å². The van der Waals surface area contributed by atoms with Crippen molar-refractivity contribution in [3.63, 3.8) is 0 Å². The van der Waals surface area contributed by atoms with Gasteiger partial charge in [-0.2, -0.15) is 0 Å². The van der Waals surface area contributed by atoms with E-state index in [1.807, 2.05) is 29.6 Å². The van der Waals surface area contributed by atoms with Gasteiger partial charge in [-0.05, 0) is 35.7 Å². The fraction of sp³-hybridized carbons (Fsp3) is 0.0667. The molecule has 0 radical (unpaired) electrons. The molecule has 0 aliphatic carbocycles. The Morgan fingerprint density at radius 2 is 1.96 bits per heavy atom. The van der Waals surface area contributed by atoms with Crippen LogP contribution in [-0.2, 0) is 5.75 Å². The van der Waals surface area contributed by atoms with E-state index in [9.17, 15) is 0 Å². The van der Waals surface area contributed by atoms with Crippen molar-refractivity contribution in [2.45, 2.75) is 10.9 Å². The number of nitrogens with two attached hydrogens (primary N) is 1. The quantitative estimate of drug-likeness (QED) is 0.409. The molecule has 3 aromatic heterocycles. The van der Waals surface area contributed by atoms with E-state index < -0.39 is 0 Å². The van der Waals surface area contributed by atoms with Crippen molar-refractivity contribution in [1.29, 1.82) is 0 Å². The van der Waals surface area contributed by atoms with Crippen LogP contribution < -0.4 is 5.84 Å². The molecule has 4 aromatic rings. The first-order valence-electron chi connectivity index (χ1n) is 7.16. The molecule has 0 saturated carbocycles. The smallest absolute Gasteiger partial charge is 0.247 e. The van der Waals surface area contributed by atoms with Crippen molar-refractivity contribution in [2.75, 3.05) is 5.84 Å². The molecule has 0 spiro atoms. The molecule has 4 rings (SSSR count). The van der Waals surface area contributed by atoms with Gasteiger partial charge in [0.15, 0.2) is 5.82 Å². The zero-order valence-electron chi connectivity index (χ0n) is 12.7. The average Bonchev–Trinajstić information content (AvgIpc) is 3.34. The van der Waals surface area contributed by atoms with E-state index in [2.05, 4.69) is 20.4 Å². The monoisotopic (exact) mass is 390 g/mol. The highest BCUT2D eigenvalue weighted by atomic mass is 35.5. The van der Waals surface area contributed by atoms with Gasteiger partial charge in [-0.3, -0.25) is 0 Å². The van der Waals surface area contributed by atoms with Gasteiger partial charge in [0.05, 0.1) is 10.6 Å². The largest absolute Gasteiger partial charge is 0.420 e. The Labute approximate surface area is 155 Å². The number of nitrogen functional groups attached to an aromatic ring is 1. The first-order valence-corrected chi connectivity index (χ1v) is 9.40. The molecule has 1 aromatic carbocycles. The van der Waals surface area contributed by atoms with Gasteiger partial charge in [-0.1, -0.05) is 29.4 Å². The number of hydrogen-bond donors (Lipinski definition) is 1. The first-order chi connectivity index (χ1) is 12.2. The number of thiophene rings is 1. The van der Waals surface area contributed by atoms with Crippen LogP contribution >= 0.6 is 34.7 Å². The van der Waals surface area contributed by atoms with Crippen LogP contribution in [0.5, 0.6) is 0 Å². The van der Waals surface area contributed by atoms with Crippen LogP contribution in [0.3, 0.4) is 0 Å². The predicted molar refractivity (Wildman–Crippen MR) is 97.8 cm³/mol. The number of aromatic nitrogens is 5. The van der Waals surface area contributed by atoms with Gasteiger partial charge in [-0.15, -0.1) is 31.7 Å². The standard InChI is InChI=1S/C15H11ClN6OS2/c16-10-5-3-9(4-6-10)14-20-18-12(23-14)8-25-15-21-19-13(22(15)17)11-2-1-7-24-11/h1-7H,8,17H2. The zero-order chi connectivity index (χ0) is 17.2. The maximum Gasteiger partial charge on any atom is 0.247 e. The third-order valence-corrected chi connectivity index (χ3v) is 5.33. The summed E-state index contributed by atoms with van der Waals surface area (Å²) in [6, 6.07) is 11.1. The van der Waals surface area contributed by atoms with Crippen LogP contribution in [0.1, 0.15) is 5.89 Å². The van der Waals surface area contributed by atoms with Gasteiger partial charge in [0.2, 0.25) is 16.9 Å². The average molecular weight is 391 g/mol. The Morgan fingerprint density at radius 1 is 1.12 bits per heavy atom. The van der Waals surface area contributed by atoms with Crippen molar-refractivity contribution >= 4 is 34.7 Å². The molecule has 0 aliphatic heterocycles. The van der Waals surface area contributed by atoms with Gasteiger partial charge in [-0.25, -0.2) is 4.68 Å². The Kier molecular flexibility index (Phi) is 4.43. The summed E-state index contributed by atoms with van der Waals surface area (Å²) < 4.78 is 7.13. The number of rotatable bonds is 5. The lowest BCUT2D eigenvalue weighted by molar-refractivity contribution is 0.528. The van der Waals surface area contributed by atoms with Crippen LogP contribution in [-0.4, -0.2) is 25.1 Å². The highest BCUT2D eigenvalue weighted by Crippen LogP contribution is 2.27. The van der Waals surface area contributed by atoms with Crippen LogP contribution in [0.2, 0.25) is 5.02 Å². The maximum atomic E-state index is 6.07. The Bertz CT molecular complexity index is 980. The molecule has 126 valence electrons. The number of nitrogens with zero attached hydrogens (tertiary/aromatic N) is 5. The van der Waals surface area contributed by atoms with Gasteiger partial charge >= 0.3 is 0 Å². The number of benzene rings is 1.